The van der Waals surface area contributed by atoms with Gasteiger partial charge in [0.1, 0.15) is 5.82 Å². The first-order valence-electron chi connectivity index (χ1n) is 7.62. The number of nitrogens with one attached hydrogen (secondary N) is 1. The number of carbonyl (C=O) groups is 1. The first kappa shape index (κ1) is 13.9. The number of nitrogens with zero attached hydrogens (tertiary/aromatic N) is 1. The van der Waals surface area contributed by atoms with Crippen molar-refractivity contribution >= 4 is 22.5 Å². The molecular formula is C19H15FN2O. The van der Waals surface area contributed by atoms with Crippen LogP contribution in [0.4, 0.5) is 10.1 Å². The van der Waals surface area contributed by atoms with E-state index < -0.39 is 0 Å². The smallest absolute Gasteiger partial charge is 0.228 e. The lowest BCUT2D eigenvalue weighted by atomic mass is 10.1. The highest BCUT2D eigenvalue weighted by molar-refractivity contribution is 5.96. The molecule has 0 radical (unpaired) electrons. The Kier molecular flexibility index (Phi) is 3.30. The van der Waals surface area contributed by atoms with Crippen LogP contribution in [0.5, 0.6) is 0 Å². The van der Waals surface area contributed by atoms with E-state index in [4.69, 9.17) is 0 Å². The molecule has 1 fully saturated rings. The van der Waals surface area contributed by atoms with Crippen LogP contribution in [0.3, 0.4) is 0 Å². The van der Waals surface area contributed by atoms with Gasteiger partial charge in [-0.2, -0.15) is 0 Å². The van der Waals surface area contributed by atoms with Crippen LogP contribution >= 0.6 is 0 Å². The number of carbonyl (C=O) groups excluding carboxylic acids is 1. The van der Waals surface area contributed by atoms with Gasteiger partial charge in [0, 0.05) is 11.3 Å². The average Bonchev–Trinajstić information content (AvgIpc) is 3.37. The highest BCUT2D eigenvalue weighted by Crippen LogP contribution is 2.47. The van der Waals surface area contributed by atoms with Gasteiger partial charge in [-0.3, -0.25) is 9.78 Å². The average molecular weight is 306 g/mol. The normalized spacial score (nSPS) is 19.5. The van der Waals surface area contributed by atoms with E-state index in [2.05, 4.69) is 10.3 Å². The highest BCUT2D eigenvalue weighted by atomic mass is 19.1. The molecule has 2 unspecified atom stereocenters. The third-order valence-corrected chi connectivity index (χ3v) is 4.29. The zero-order chi connectivity index (χ0) is 15.8. The predicted molar refractivity (Wildman–Crippen MR) is 87.6 cm³/mol. The molecule has 1 aliphatic carbocycles. The molecule has 4 heteroatoms. The molecule has 114 valence electrons. The summed E-state index contributed by atoms with van der Waals surface area (Å²) in [6.45, 7) is 0. The lowest BCUT2D eigenvalue weighted by Crippen LogP contribution is -2.14. The minimum absolute atomic E-state index is 0.0197. The van der Waals surface area contributed by atoms with Gasteiger partial charge in [0.05, 0.1) is 17.4 Å². The van der Waals surface area contributed by atoms with Gasteiger partial charge in [-0.25, -0.2) is 4.39 Å². The molecule has 1 aliphatic rings. The summed E-state index contributed by atoms with van der Waals surface area (Å²) in [5.41, 5.74) is 2.30. The Morgan fingerprint density at radius 2 is 1.96 bits per heavy atom. The molecule has 23 heavy (non-hydrogen) atoms. The predicted octanol–water partition coefficient (Wildman–Crippen LogP) is 4.12. The summed E-state index contributed by atoms with van der Waals surface area (Å²) in [5.74, 6) is -0.105. The number of amides is 1. The molecule has 0 bridgehead atoms. The third kappa shape index (κ3) is 2.68. The number of anilines is 1. The fourth-order valence-electron chi connectivity index (χ4n) is 2.97. The Hall–Kier alpha value is -2.75. The number of halogens is 1. The summed E-state index contributed by atoms with van der Waals surface area (Å²) in [6.07, 6.45) is 2.42. The van der Waals surface area contributed by atoms with Crippen LogP contribution in [-0.2, 0) is 4.79 Å². The molecule has 2 aromatic carbocycles. The van der Waals surface area contributed by atoms with Crippen LogP contribution in [0, 0.1) is 11.7 Å². The van der Waals surface area contributed by atoms with Crippen molar-refractivity contribution in [1.82, 2.24) is 4.98 Å². The van der Waals surface area contributed by atoms with Crippen LogP contribution in [0.2, 0.25) is 0 Å². The Morgan fingerprint density at radius 1 is 1.13 bits per heavy atom. The second-order valence-corrected chi connectivity index (χ2v) is 5.88. The van der Waals surface area contributed by atoms with Crippen molar-refractivity contribution in [3.8, 4) is 0 Å². The number of hydrogen-bond acceptors (Lipinski definition) is 2. The minimum Gasteiger partial charge on any atom is -0.324 e. The molecule has 1 saturated carbocycles. The van der Waals surface area contributed by atoms with E-state index in [1.807, 2.05) is 30.3 Å². The molecule has 3 nitrogen and oxygen atoms in total. The van der Waals surface area contributed by atoms with E-state index in [1.54, 1.807) is 24.4 Å². The Morgan fingerprint density at radius 3 is 2.78 bits per heavy atom. The molecule has 1 aromatic heterocycles. The lowest BCUT2D eigenvalue weighted by Gasteiger charge is -2.06. The molecule has 0 spiro atoms. The van der Waals surface area contributed by atoms with Gasteiger partial charge in [-0.05, 0) is 36.1 Å². The monoisotopic (exact) mass is 306 g/mol. The van der Waals surface area contributed by atoms with Gasteiger partial charge in [0.15, 0.2) is 0 Å². The zero-order valence-corrected chi connectivity index (χ0v) is 12.4. The van der Waals surface area contributed by atoms with Crippen molar-refractivity contribution in [2.24, 2.45) is 5.92 Å². The Balaban J connectivity index is 1.51. The van der Waals surface area contributed by atoms with E-state index in [0.717, 1.165) is 6.42 Å². The third-order valence-electron chi connectivity index (χ3n) is 4.29. The van der Waals surface area contributed by atoms with Crippen molar-refractivity contribution in [3.63, 3.8) is 0 Å². The molecule has 1 N–H and O–H groups in total. The summed E-state index contributed by atoms with van der Waals surface area (Å²) in [6, 6.07) is 16.4. The maximum atomic E-state index is 13.8. The molecule has 4 rings (SSSR count). The summed E-state index contributed by atoms with van der Waals surface area (Å²) in [5, 5.41) is 3.27. The van der Waals surface area contributed by atoms with Crippen LogP contribution < -0.4 is 5.32 Å². The Labute approximate surface area is 133 Å². The van der Waals surface area contributed by atoms with E-state index in [0.29, 0.717) is 16.6 Å². The SMILES string of the molecule is O=C(Nc1cnc2cccc(F)c2c1)C1CC1c1ccccc1. The quantitative estimate of drug-likeness (QED) is 0.791. The molecule has 0 aliphatic heterocycles. The summed E-state index contributed by atoms with van der Waals surface area (Å²) < 4.78 is 13.8. The first-order valence-corrected chi connectivity index (χ1v) is 7.62. The summed E-state index contributed by atoms with van der Waals surface area (Å²) in [7, 11) is 0. The number of benzene rings is 2. The summed E-state index contributed by atoms with van der Waals surface area (Å²) >= 11 is 0. The molecule has 0 saturated heterocycles. The number of aromatic nitrogens is 1. The maximum Gasteiger partial charge on any atom is 0.228 e. The van der Waals surface area contributed by atoms with Crippen molar-refractivity contribution < 1.29 is 9.18 Å². The van der Waals surface area contributed by atoms with Crippen LogP contribution in [-0.4, -0.2) is 10.9 Å². The van der Waals surface area contributed by atoms with Crippen molar-refractivity contribution in [3.05, 3.63) is 72.2 Å². The number of pyridine rings is 1. The fourth-order valence-corrected chi connectivity index (χ4v) is 2.97. The topological polar surface area (TPSA) is 42.0 Å². The van der Waals surface area contributed by atoms with E-state index in [-0.39, 0.29) is 23.6 Å². The van der Waals surface area contributed by atoms with Gasteiger partial charge < -0.3 is 5.32 Å². The standard InChI is InChI=1S/C19H15FN2O/c20-17-7-4-8-18-16(17)9-13(11-21-18)22-19(23)15-10-14(15)12-5-2-1-3-6-12/h1-9,11,14-15H,10H2,(H,22,23). The molecule has 3 aromatic rings. The van der Waals surface area contributed by atoms with Crippen LogP contribution in [0.25, 0.3) is 10.9 Å². The van der Waals surface area contributed by atoms with Crippen LogP contribution in [0.15, 0.2) is 60.8 Å². The van der Waals surface area contributed by atoms with E-state index in [1.165, 1.54) is 11.6 Å². The van der Waals surface area contributed by atoms with E-state index in [9.17, 15) is 9.18 Å². The van der Waals surface area contributed by atoms with Gasteiger partial charge in [-0.1, -0.05) is 36.4 Å². The molecular weight excluding hydrogens is 291 g/mol. The van der Waals surface area contributed by atoms with Gasteiger partial charge in [-0.15, -0.1) is 0 Å². The maximum absolute atomic E-state index is 13.8. The highest BCUT2D eigenvalue weighted by Gasteiger charge is 2.43. The summed E-state index contributed by atoms with van der Waals surface area (Å²) in [4.78, 5) is 16.5. The second-order valence-electron chi connectivity index (χ2n) is 5.88. The van der Waals surface area contributed by atoms with Crippen LogP contribution in [0.1, 0.15) is 17.9 Å². The molecule has 1 heterocycles. The largest absolute Gasteiger partial charge is 0.324 e. The van der Waals surface area contributed by atoms with Gasteiger partial charge in [0.25, 0.3) is 0 Å². The number of fused-ring (bicyclic) bond motifs is 1. The van der Waals surface area contributed by atoms with Crippen molar-refractivity contribution in [1.29, 1.82) is 0 Å². The Bertz CT molecular complexity index is 879. The van der Waals surface area contributed by atoms with Crippen molar-refractivity contribution in [2.75, 3.05) is 5.32 Å². The number of rotatable bonds is 3. The first-order chi connectivity index (χ1) is 11.2. The number of hydrogen-bond donors (Lipinski definition) is 1. The van der Waals surface area contributed by atoms with E-state index >= 15 is 0 Å². The fraction of sp³-hybridized carbons (Fsp3) is 0.158. The minimum atomic E-state index is -0.334. The van der Waals surface area contributed by atoms with Gasteiger partial charge >= 0.3 is 0 Å². The molecule has 2 atom stereocenters. The lowest BCUT2D eigenvalue weighted by molar-refractivity contribution is -0.117. The van der Waals surface area contributed by atoms with Crippen molar-refractivity contribution in [2.45, 2.75) is 12.3 Å². The molecule has 1 amide bonds. The zero-order valence-electron chi connectivity index (χ0n) is 12.4. The van der Waals surface area contributed by atoms with Gasteiger partial charge in [0.2, 0.25) is 5.91 Å². The second kappa shape index (κ2) is 5.47.